The summed E-state index contributed by atoms with van der Waals surface area (Å²) in [4.78, 5) is 29.8. The minimum Gasteiger partial charge on any atom is -0.480 e. The summed E-state index contributed by atoms with van der Waals surface area (Å²) in [5.74, 6) is -1.23. The van der Waals surface area contributed by atoms with Crippen molar-refractivity contribution in [1.29, 1.82) is 0 Å². The second-order valence-corrected chi connectivity index (χ2v) is 6.32. The van der Waals surface area contributed by atoms with Crippen LogP contribution in [0.3, 0.4) is 0 Å². The number of pyridine rings is 1. The summed E-state index contributed by atoms with van der Waals surface area (Å²) in [6.45, 7) is 0. The number of hydrogen-bond acceptors (Lipinski definition) is 5. The number of carbonyl (C=O) groups is 2. The van der Waals surface area contributed by atoms with Gasteiger partial charge in [-0.1, -0.05) is 23.4 Å². The van der Waals surface area contributed by atoms with Crippen LogP contribution in [0.25, 0.3) is 5.69 Å². The maximum atomic E-state index is 12.8. The van der Waals surface area contributed by atoms with Crippen molar-refractivity contribution in [2.45, 2.75) is 25.3 Å². The first kappa shape index (κ1) is 16.9. The quantitative estimate of drug-likeness (QED) is 0.739. The fourth-order valence-electron chi connectivity index (χ4n) is 3.28. The van der Waals surface area contributed by atoms with Crippen molar-refractivity contribution in [3.8, 4) is 5.69 Å². The molecule has 136 valence electrons. The largest absolute Gasteiger partial charge is 0.480 e. The van der Waals surface area contributed by atoms with E-state index in [0.29, 0.717) is 24.2 Å². The number of amides is 1. The molecule has 8 heteroatoms. The fraction of sp³-hybridized carbons (Fsp3) is 0.211. The summed E-state index contributed by atoms with van der Waals surface area (Å²) in [5, 5.41) is 17.6. The number of benzene rings is 1. The highest BCUT2D eigenvalue weighted by atomic mass is 16.4. The maximum Gasteiger partial charge on any atom is 0.327 e. The molecule has 1 amide bonds. The molecule has 27 heavy (non-hydrogen) atoms. The predicted molar refractivity (Wildman–Crippen MR) is 96.5 cm³/mol. The summed E-state index contributed by atoms with van der Waals surface area (Å²) >= 11 is 0. The van der Waals surface area contributed by atoms with Gasteiger partial charge in [0.2, 0.25) is 5.91 Å². The van der Waals surface area contributed by atoms with E-state index in [0.717, 1.165) is 11.3 Å². The maximum absolute atomic E-state index is 12.8. The molecule has 2 aromatic heterocycles. The van der Waals surface area contributed by atoms with Gasteiger partial charge in [0.05, 0.1) is 23.8 Å². The minimum atomic E-state index is -0.998. The first-order valence-corrected chi connectivity index (χ1v) is 8.58. The molecule has 1 aromatic carbocycles. The molecular weight excluding hydrogens is 346 g/mol. The van der Waals surface area contributed by atoms with Gasteiger partial charge in [-0.3, -0.25) is 14.7 Å². The third-order valence-electron chi connectivity index (χ3n) is 4.58. The molecule has 0 saturated carbocycles. The van der Waals surface area contributed by atoms with Gasteiger partial charge in [0.1, 0.15) is 6.04 Å². The lowest BCUT2D eigenvalue weighted by Gasteiger charge is -2.22. The number of para-hydroxylation sites is 1. The Morgan fingerprint density at radius 1 is 1.19 bits per heavy atom. The molecule has 1 N–H and O–H groups in total. The Morgan fingerprint density at radius 3 is 2.81 bits per heavy atom. The van der Waals surface area contributed by atoms with Crippen molar-refractivity contribution in [2.24, 2.45) is 0 Å². The number of hydrogen-bond donors (Lipinski definition) is 1. The van der Waals surface area contributed by atoms with Crippen LogP contribution < -0.4 is 4.90 Å². The first-order valence-electron chi connectivity index (χ1n) is 8.58. The molecule has 0 bridgehead atoms. The monoisotopic (exact) mass is 363 g/mol. The standard InChI is InChI=1S/C19H17N5O3/c25-18(24-16-6-2-1-4-13(16)10-17(24)19(26)27)8-7-14-12-23(22-21-14)15-5-3-9-20-11-15/h1-6,9,11-12,17H,7-8,10H2,(H,26,27). The third kappa shape index (κ3) is 3.29. The molecular formula is C19H17N5O3. The molecule has 0 saturated heterocycles. The molecule has 8 nitrogen and oxygen atoms in total. The van der Waals surface area contributed by atoms with Gasteiger partial charge in [-0.25, -0.2) is 9.48 Å². The number of anilines is 1. The Kier molecular flexibility index (Phi) is 4.37. The van der Waals surface area contributed by atoms with Crippen molar-refractivity contribution in [3.63, 3.8) is 0 Å². The molecule has 3 aromatic rings. The zero-order valence-electron chi connectivity index (χ0n) is 14.4. The van der Waals surface area contributed by atoms with E-state index >= 15 is 0 Å². The van der Waals surface area contributed by atoms with Gasteiger partial charge >= 0.3 is 5.97 Å². The van der Waals surface area contributed by atoms with Crippen LogP contribution in [0.2, 0.25) is 0 Å². The summed E-state index contributed by atoms with van der Waals surface area (Å²) in [5.41, 5.74) is 2.99. The smallest absolute Gasteiger partial charge is 0.327 e. The second kappa shape index (κ2) is 6.99. The van der Waals surface area contributed by atoms with Crippen LogP contribution >= 0.6 is 0 Å². The molecule has 0 radical (unpaired) electrons. The van der Waals surface area contributed by atoms with Crippen LogP contribution in [0, 0.1) is 0 Å². The molecule has 4 rings (SSSR count). The van der Waals surface area contributed by atoms with Crippen LogP contribution in [-0.4, -0.2) is 43.0 Å². The normalized spacial score (nSPS) is 15.6. The lowest BCUT2D eigenvalue weighted by molar-refractivity contribution is -0.139. The summed E-state index contributed by atoms with van der Waals surface area (Å²) in [6.07, 6.45) is 5.95. The average molecular weight is 363 g/mol. The van der Waals surface area contributed by atoms with E-state index in [1.807, 2.05) is 24.3 Å². The van der Waals surface area contributed by atoms with E-state index in [9.17, 15) is 14.7 Å². The van der Waals surface area contributed by atoms with Crippen LogP contribution in [-0.2, 0) is 22.4 Å². The Labute approximate surface area is 155 Å². The lowest BCUT2D eigenvalue weighted by Crippen LogP contribution is -2.43. The lowest BCUT2D eigenvalue weighted by atomic mass is 10.1. The van der Waals surface area contributed by atoms with E-state index in [1.165, 1.54) is 4.90 Å². The van der Waals surface area contributed by atoms with Crippen molar-refractivity contribution < 1.29 is 14.7 Å². The minimum absolute atomic E-state index is 0.157. The van der Waals surface area contributed by atoms with Gasteiger partial charge in [-0.05, 0) is 23.8 Å². The zero-order chi connectivity index (χ0) is 18.8. The fourth-order valence-corrected chi connectivity index (χ4v) is 3.28. The molecule has 1 atom stereocenters. The van der Waals surface area contributed by atoms with Gasteiger partial charge in [-0.2, -0.15) is 0 Å². The van der Waals surface area contributed by atoms with Gasteiger partial charge in [0, 0.05) is 31.1 Å². The van der Waals surface area contributed by atoms with E-state index in [2.05, 4.69) is 15.3 Å². The number of carbonyl (C=O) groups excluding carboxylic acids is 1. The highest BCUT2D eigenvalue weighted by molar-refractivity contribution is 6.01. The van der Waals surface area contributed by atoms with Crippen LogP contribution in [0.4, 0.5) is 5.69 Å². The number of aliphatic carboxylic acids is 1. The molecule has 1 aliphatic rings. The van der Waals surface area contributed by atoms with E-state index in [-0.39, 0.29) is 12.3 Å². The van der Waals surface area contributed by atoms with Gasteiger partial charge in [-0.15, -0.1) is 5.10 Å². The summed E-state index contributed by atoms with van der Waals surface area (Å²) in [7, 11) is 0. The Hall–Kier alpha value is -3.55. The molecule has 3 heterocycles. The molecule has 0 aliphatic carbocycles. The van der Waals surface area contributed by atoms with Crippen molar-refractivity contribution in [1.82, 2.24) is 20.0 Å². The first-order chi connectivity index (χ1) is 13.1. The number of aryl methyl sites for hydroxylation is 1. The Balaban J connectivity index is 1.48. The van der Waals surface area contributed by atoms with Gasteiger partial charge in [0.15, 0.2) is 0 Å². The van der Waals surface area contributed by atoms with Crippen molar-refractivity contribution in [3.05, 3.63) is 66.2 Å². The number of fused-ring (bicyclic) bond motifs is 1. The highest BCUT2D eigenvalue weighted by Crippen LogP contribution is 2.32. The molecule has 0 spiro atoms. The molecule has 1 aliphatic heterocycles. The van der Waals surface area contributed by atoms with Crippen LogP contribution in [0.1, 0.15) is 17.7 Å². The van der Waals surface area contributed by atoms with Gasteiger partial charge < -0.3 is 5.11 Å². The van der Waals surface area contributed by atoms with Crippen molar-refractivity contribution in [2.75, 3.05) is 4.90 Å². The summed E-state index contributed by atoms with van der Waals surface area (Å²) < 4.78 is 1.60. The second-order valence-electron chi connectivity index (χ2n) is 6.32. The summed E-state index contributed by atoms with van der Waals surface area (Å²) in [6, 6.07) is 10.1. The SMILES string of the molecule is O=C(O)C1Cc2ccccc2N1C(=O)CCc1cn(-c2cccnc2)nn1. The number of carboxylic acids is 1. The average Bonchev–Trinajstić information content (AvgIpc) is 3.32. The van der Waals surface area contributed by atoms with Crippen molar-refractivity contribution >= 4 is 17.6 Å². The Morgan fingerprint density at radius 2 is 2.04 bits per heavy atom. The van der Waals surface area contributed by atoms with Crippen LogP contribution in [0.5, 0.6) is 0 Å². The molecule has 0 fully saturated rings. The van der Waals surface area contributed by atoms with E-state index in [4.69, 9.17) is 0 Å². The number of nitrogens with zero attached hydrogens (tertiary/aromatic N) is 5. The van der Waals surface area contributed by atoms with Gasteiger partial charge in [0.25, 0.3) is 0 Å². The molecule has 1 unspecified atom stereocenters. The number of aromatic nitrogens is 4. The topological polar surface area (TPSA) is 101 Å². The zero-order valence-corrected chi connectivity index (χ0v) is 14.4. The predicted octanol–water partition coefficient (Wildman–Crippen LogP) is 1.64. The number of carboxylic acid groups (broad SMARTS) is 1. The highest BCUT2D eigenvalue weighted by Gasteiger charge is 2.37. The Bertz CT molecular complexity index is 986. The van der Waals surface area contributed by atoms with E-state index < -0.39 is 12.0 Å². The van der Waals surface area contributed by atoms with Crippen LogP contribution in [0.15, 0.2) is 55.0 Å². The number of rotatable bonds is 5. The van der Waals surface area contributed by atoms with E-state index in [1.54, 1.807) is 35.4 Å². The third-order valence-corrected chi connectivity index (χ3v) is 4.58.